The molecule has 8 nitrogen and oxygen atoms in total. The summed E-state index contributed by atoms with van der Waals surface area (Å²) in [7, 11) is -3.67. The minimum absolute atomic E-state index is 0.206. The lowest BCUT2D eigenvalue weighted by molar-refractivity contribution is -0.0591. The third-order valence-corrected chi connectivity index (χ3v) is 9.15. The van der Waals surface area contributed by atoms with Crippen LogP contribution in [-0.4, -0.2) is 52.6 Å². The van der Waals surface area contributed by atoms with Crippen molar-refractivity contribution in [3.8, 4) is 5.75 Å². The number of H-pyrrole nitrogens is 1. The Morgan fingerprint density at radius 2 is 1.89 bits per heavy atom. The van der Waals surface area contributed by atoms with Crippen molar-refractivity contribution in [1.82, 2.24) is 14.3 Å². The molecule has 1 saturated heterocycles. The number of hydrogen-bond donors (Lipinski definition) is 2. The fourth-order valence-corrected chi connectivity index (χ4v) is 6.71. The van der Waals surface area contributed by atoms with Crippen LogP contribution in [0.15, 0.2) is 59.8 Å². The third-order valence-electron chi connectivity index (χ3n) is 7.01. The minimum atomic E-state index is -3.67. The lowest BCUT2D eigenvalue weighted by Gasteiger charge is -2.47. The number of aromatic nitrogens is 2. The Morgan fingerprint density at radius 3 is 2.56 bits per heavy atom. The number of aliphatic hydroxyl groups is 1. The van der Waals surface area contributed by atoms with Gasteiger partial charge in [-0.15, -0.1) is 0 Å². The average Bonchev–Trinajstić information content (AvgIpc) is 3.38. The van der Waals surface area contributed by atoms with Crippen LogP contribution in [-0.2, 0) is 16.6 Å². The summed E-state index contributed by atoms with van der Waals surface area (Å²) in [5, 5.41) is 12.2. The molecule has 2 atom stereocenters. The first-order chi connectivity index (χ1) is 17.2. The van der Waals surface area contributed by atoms with Crippen molar-refractivity contribution in [2.75, 3.05) is 18.0 Å². The van der Waals surface area contributed by atoms with E-state index in [1.54, 1.807) is 47.0 Å². The number of aliphatic hydroxyl groups excluding tert-OH is 1. The lowest BCUT2D eigenvalue weighted by Crippen LogP contribution is -2.53. The topological polar surface area (TPSA) is 98.8 Å². The molecular weight excluding hydrogens is 500 g/mol. The smallest absolute Gasteiger partial charge is 0.243 e. The number of aromatic amines is 1. The summed E-state index contributed by atoms with van der Waals surface area (Å²) in [5.41, 5.74) is 0.507. The molecule has 5 rings (SSSR count). The Morgan fingerprint density at radius 1 is 1.17 bits per heavy atom. The first-order valence-corrected chi connectivity index (χ1v) is 14.0. The highest BCUT2D eigenvalue weighted by atomic mass is 35.5. The summed E-state index contributed by atoms with van der Waals surface area (Å²) in [6.07, 6.45) is 5.21. The van der Waals surface area contributed by atoms with Crippen molar-refractivity contribution in [3.63, 3.8) is 0 Å². The zero-order chi connectivity index (χ0) is 25.5. The van der Waals surface area contributed by atoms with Gasteiger partial charge in [0.05, 0.1) is 17.5 Å². The van der Waals surface area contributed by atoms with E-state index in [9.17, 15) is 13.5 Å². The van der Waals surface area contributed by atoms with E-state index in [0.717, 1.165) is 24.9 Å². The van der Waals surface area contributed by atoms with E-state index >= 15 is 0 Å². The summed E-state index contributed by atoms with van der Waals surface area (Å²) in [5.74, 6) is 1.26. The van der Waals surface area contributed by atoms with E-state index in [4.69, 9.17) is 16.3 Å². The van der Waals surface area contributed by atoms with Crippen molar-refractivity contribution >= 4 is 27.3 Å². The van der Waals surface area contributed by atoms with E-state index in [0.29, 0.717) is 41.8 Å². The highest BCUT2D eigenvalue weighted by molar-refractivity contribution is 7.89. The van der Waals surface area contributed by atoms with Gasteiger partial charge in [-0.3, -0.25) is 0 Å². The number of rotatable bonds is 6. The van der Waals surface area contributed by atoms with Gasteiger partial charge >= 0.3 is 0 Å². The molecular formula is C26H31ClN4O4S. The summed E-state index contributed by atoms with van der Waals surface area (Å²) in [6.45, 7) is 5.06. The largest absolute Gasteiger partial charge is 0.485 e. The molecule has 1 aromatic heterocycles. The van der Waals surface area contributed by atoms with E-state index in [2.05, 4.69) is 9.97 Å². The molecule has 1 fully saturated rings. The molecule has 36 heavy (non-hydrogen) atoms. The number of ether oxygens (including phenoxy) is 1. The Kier molecular flexibility index (Phi) is 6.76. The maximum atomic E-state index is 13.5. The lowest BCUT2D eigenvalue weighted by atomic mass is 9.85. The number of benzene rings is 2. The average molecular weight is 531 g/mol. The SMILES string of the molecule is CC1(C)Oc2ccc(S(=O)(=O)N3CCCCC3)cc2[C@H](N(Cc2ncc[nH]2)c2ccc(Cl)cc2)[C@H]1O. The summed E-state index contributed by atoms with van der Waals surface area (Å²) in [4.78, 5) is 9.74. The second-order valence-electron chi connectivity index (χ2n) is 9.90. The number of nitrogens with zero attached hydrogens (tertiary/aromatic N) is 3. The van der Waals surface area contributed by atoms with Crippen LogP contribution in [0.1, 0.15) is 50.5 Å². The Balaban J connectivity index is 1.63. The van der Waals surface area contributed by atoms with Gasteiger partial charge in [0, 0.05) is 41.8 Å². The van der Waals surface area contributed by atoms with Crippen LogP contribution in [0.25, 0.3) is 0 Å². The molecule has 2 aliphatic rings. The van der Waals surface area contributed by atoms with Crippen LogP contribution < -0.4 is 9.64 Å². The Bertz CT molecular complexity index is 1310. The van der Waals surface area contributed by atoms with Gasteiger partial charge in [-0.1, -0.05) is 18.0 Å². The van der Waals surface area contributed by atoms with Crippen LogP contribution >= 0.6 is 11.6 Å². The summed E-state index contributed by atoms with van der Waals surface area (Å²) < 4.78 is 34.7. The monoisotopic (exact) mass is 530 g/mol. The molecule has 0 aliphatic carbocycles. The fourth-order valence-electron chi connectivity index (χ4n) is 5.03. The number of fused-ring (bicyclic) bond motifs is 1. The predicted molar refractivity (Wildman–Crippen MR) is 139 cm³/mol. The van der Waals surface area contributed by atoms with E-state index in [1.807, 2.05) is 30.9 Å². The molecule has 2 aliphatic heterocycles. The van der Waals surface area contributed by atoms with E-state index in [1.165, 1.54) is 0 Å². The fraction of sp³-hybridized carbons (Fsp3) is 0.423. The second kappa shape index (κ2) is 9.70. The molecule has 0 unspecified atom stereocenters. The molecule has 3 heterocycles. The second-order valence-corrected chi connectivity index (χ2v) is 12.3. The molecule has 3 aromatic rings. The van der Waals surface area contributed by atoms with Crippen molar-refractivity contribution in [2.45, 2.75) is 62.3 Å². The minimum Gasteiger partial charge on any atom is -0.485 e. The standard InChI is InChI=1S/C26H31ClN4O4S/c1-26(2)25(32)24(31(17-23-28-12-13-29-23)19-8-6-18(27)7-9-19)21-16-20(10-11-22(21)35-26)36(33,34)30-14-4-3-5-15-30/h6-13,16,24-25,32H,3-5,14-15,17H2,1-2H3,(H,28,29)/t24-,25+/m0/s1. The van der Waals surface area contributed by atoms with Gasteiger partial charge in [0.25, 0.3) is 0 Å². The van der Waals surface area contributed by atoms with Gasteiger partial charge < -0.3 is 19.7 Å². The number of nitrogens with one attached hydrogen (secondary N) is 1. The summed E-state index contributed by atoms with van der Waals surface area (Å²) in [6, 6.07) is 11.7. The van der Waals surface area contributed by atoms with Crippen molar-refractivity contribution in [3.05, 3.63) is 71.3 Å². The molecule has 0 spiro atoms. The number of hydrogen-bond acceptors (Lipinski definition) is 6. The van der Waals surface area contributed by atoms with Crippen LogP contribution in [0.4, 0.5) is 5.69 Å². The predicted octanol–water partition coefficient (Wildman–Crippen LogP) is 4.52. The molecule has 0 amide bonds. The number of imidazole rings is 1. The summed E-state index contributed by atoms with van der Waals surface area (Å²) >= 11 is 6.17. The van der Waals surface area contributed by atoms with Crippen molar-refractivity contribution < 1.29 is 18.3 Å². The van der Waals surface area contributed by atoms with E-state index in [-0.39, 0.29) is 4.90 Å². The zero-order valence-corrected chi connectivity index (χ0v) is 22.0. The number of halogens is 1. The van der Waals surface area contributed by atoms with Gasteiger partial charge in [-0.2, -0.15) is 4.31 Å². The molecule has 2 aromatic carbocycles. The normalized spacial score (nSPS) is 22.0. The number of anilines is 1. The Hall–Kier alpha value is -2.59. The molecule has 0 saturated carbocycles. The van der Waals surface area contributed by atoms with E-state index < -0.39 is 27.8 Å². The number of sulfonamides is 1. The third kappa shape index (κ3) is 4.72. The van der Waals surface area contributed by atoms with Crippen molar-refractivity contribution in [1.29, 1.82) is 0 Å². The molecule has 192 valence electrons. The van der Waals surface area contributed by atoms with Crippen LogP contribution in [0.5, 0.6) is 5.75 Å². The van der Waals surface area contributed by atoms with Gasteiger partial charge in [0.2, 0.25) is 10.0 Å². The Labute approximate surface area is 216 Å². The zero-order valence-electron chi connectivity index (χ0n) is 20.4. The van der Waals surface area contributed by atoms with Gasteiger partial charge in [0.1, 0.15) is 23.3 Å². The highest BCUT2D eigenvalue weighted by Crippen LogP contribution is 2.46. The first kappa shape index (κ1) is 25.1. The first-order valence-electron chi connectivity index (χ1n) is 12.2. The molecule has 2 N–H and O–H groups in total. The molecule has 0 radical (unpaired) electrons. The maximum absolute atomic E-state index is 13.5. The van der Waals surface area contributed by atoms with Crippen molar-refractivity contribution in [2.24, 2.45) is 0 Å². The van der Waals surface area contributed by atoms with Crippen LogP contribution in [0.2, 0.25) is 5.02 Å². The molecule has 0 bridgehead atoms. The van der Waals surface area contributed by atoms with Gasteiger partial charge in [-0.05, 0) is 69.2 Å². The van der Waals surface area contributed by atoms with Gasteiger partial charge in [-0.25, -0.2) is 13.4 Å². The van der Waals surface area contributed by atoms with Crippen LogP contribution in [0, 0.1) is 0 Å². The number of piperidine rings is 1. The van der Waals surface area contributed by atoms with Gasteiger partial charge in [0.15, 0.2) is 0 Å². The maximum Gasteiger partial charge on any atom is 0.243 e. The molecule has 10 heteroatoms. The highest BCUT2D eigenvalue weighted by Gasteiger charge is 2.46. The van der Waals surface area contributed by atoms with Crippen LogP contribution in [0.3, 0.4) is 0 Å². The quantitative estimate of drug-likeness (QED) is 0.486.